The maximum atomic E-state index is 10.5. The minimum Gasteiger partial charge on any atom is -0.484 e. The summed E-state index contributed by atoms with van der Waals surface area (Å²) in [7, 11) is 0. The van der Waals surface area contributed by atoms with Gasteiger partial charge < -0.3 is 15.2 Å². The number of anilines is 1. The smallest absolute Gasteiger partial charge is 0.307 e. The van der Waals surface area contributed by atoms with Gasteiger partial charge >= 0.3 is 5.97 Å². The molecule has 0 aromatic carbocycles. The molecule has 0 saturated heterocycles. The molecule has 2 rings (SSSR count). The van der Waals surface area contributed by atoms with Gasteiger partial charge in [-0.15, -0.1) is 0 Å². The Hall–Kier alpha value is -1.78. The van der Waals surface area contributed by atoms with Crippen LogP contribution in [0.4, 0.5) is 5.69 Å². The van der Waals surface area contributed by atoms with E-state index in [1.807, 2.05) is 0 Å². The minimum absolute atomic E-state index is 0.00132. The number of hydrogen-bond donors (Lipinski definition) is 2. The first kappa shape index (κ1) is 8.80. The lowest BCUT2D eigenvalue weighted by Gasteiger charge is -2.25. The molecule has 2 N–H and O–H groups in total. The minimum atomic E-state index is -0.857. The quantitative estimate of drug-likeness (QED) is 0.726. The summed E-state index contributed by atoms with van der Waals surface area (Å²) in [6.45, 7) is 0.517. The number of aromatic nitrogens is 1. The van der Waals surface area contributed by atoms with Gasteiger partial charge in [0.25, 0.3) is 0 Å². The van der Waals surface area contributed by atoms with Crippen molar-refractivity contribution in [2.45, 2.75) is 12.5 Å². The van der Waals surface area contributed by atoms with Gasteiger partial charge in [0.05, 0.1) is 24.8 Å². The number of rotatable bonds is 2. The van der Waals surface area contributed by atoms with Crippen LogP contribution in [0.25, 0.3) is 0 Å². The lowest BCUT2D eigenvalue weighted by molar-refractivity contribution is -0.138. The molecule has 0 amide bonds. The third-order valence-electron chi connectivity index (χ3n) is 2.00. The van der Waals surface area contributed by atoms with Crippen LogP contribution in [0.3, 0.4) is 0 Å². The third kappa shape index (κ3) is 1.76. The maximum Gasteiger partial charge on any atom is 0.307 e. The van der Waals surface area contributed by atoms with E-state index >= 15 is 0 Å². The van der Waals surface area contributed by atoms with Gasteiger partial charge in [-0.05, 0) is 6.07 Å². The molecule has 1 atom stereocenters. The van der Waals surface area contributed by atoms with Gasteiger partial charge in [0.15, 0.2) is 5.75 Å². The van der Waals surface area contributed by atoms with Crippen molar-refractivity contribution in [3.05, 3.63) is 18.5 Å². The first-order chi connectivity index (χ1) is 6.75. The molecule has 5 heteroatoms. The number of aliphatic carboxylic acids is 1. The second kappa shape index (κ2) is 3.53. The number of fused-ring (bicyclic) bond motifs is 1. The van der Waals surface area contributed by atoms with Crippen molar-refractivity contribution in [3.63, 3.8) is 0 Å². The van der Waals surface area contributed by atoms with Gasteiger partial charge in [-0.1, -0.05) is 0 Å². The highest BCUT2D eigenvalue weighted by molar-refractivity contribution is 5.68. The normalized spacial score (nSPS) is 19.0. The molecule has 1 unspecified atom stereocenters. The molecule has 0 aliphatic carbocycles. The fourth-order valence-electron chi connectivity index (χ4n) is 1.37. The van der Waals surface area contributed by atoms with Crippen LogP contribution in [0.15, 0.2) is 18.5 Å². The predicted molar refractivity (Wildman–Crippen MR) is 49.4 cm³/mol. The van der Waals surface area contributed by atoms with Crippen LogP contribution in [0.2, 0.25) is 0 Å². The number of carbonyl (C=O) groups is 1. The molecule has 0 bridgehead atoms. The zero-order valence-corrected chi connectivity index (χ0v) is 7.43. The Morgan fingerprint density at radius 3 is 3.43 bits per heavy atom. The molecule has 1 aliphatic rings. The van der Waals surface area contributed by atoms with Gasteiger partial charge in [-0.25, -0.2) is 0 Å². The molecule has 5 nitrogen and oxygen atoms in total. The molecular formula is C9H10N2O3. The number of carboxylic acid groups (broad SMARTS) is 1. The molecule has 14 heavy (non-hydrogen) atoms. The summed E-state index contributed by atoms with van der Waals surface area (Å²) in [5, 5.41) is 11.7. The van der Waals surface area contributed by atoms with Crippen molar-refractivity contribution < 1.29 is 14.6 Å². The van der Waals surface area contributed by atoms with E-state index < -0.39 is 5.97 Å². The molecular weight excluding hydrogens is 184 g/mol. The first-order valence-electron chi connectivity index (χ1n) is 4.32. The number of ether oxygens (including phenoxy) is 1. The summed E-state index contributed by atoms with van der Waals surface area (Å²) < 4.78 is 5.44. The van der Waals surface area contributed by atoms with Crippen LogP contribution in [0, 0.1) is 0 Å². The number of hydrogen-bond acceptors (Lipinski definition) is 4. The first-order valence-corrected chi connectivity index (χ1v) is 4.32. The van der Waals surface area contributed by atoms with Crippen LogP contribution in [-0.4, -0.2) is 28.7 Å². The van der Waals surface area contributed by atoms with Crippen molar-refractivity contribution in [2.75, 3.05) is 11.9 Å². The number of nitrogens with one attached hydrogen (secondary N) is 1. The molecule has 1 aromatic rings. The monoisotopic (exact) mass is 194 g/mol. The van der Waals surface area contributed by atoms with Crippen LogP contribution in [-0.2, 0) is 4.79 Å². The number of pyridine rings is 1. The molecule has 0 saturated carbocycles. The Labute approximate surface area is 80.7 Å². The largest absolute Gasteiger partial charge is 0.484 e. The zero-order valence-electron chi connectivity index (χ0n) is 7.43. The summed E-state index contributed by atoms with van der Waals surface area (Å²) in [5.74, 6) is -0.242. The number of nitrogens with zero attached hydrogens (tertiary/aromatic N) is 1. The molecule has 0 spiro atoms. The van der Waals surface area contributed by atoms with Crippen molar-refractivity contribution in [3.8, 4) is 5.75 Å². The summed E-state index contributed by atoms with van der Waals surface area (Å²) in [5.41, 5.74) is 0.863. The Kier molecular flexibility index (Phi) is 2.22. The molecule has 74 valence electrons. The molecule has 2 heterocycles. The van der Waals surface area contributed by atoms with Gasteiger partial charge in [0.2, 0.25) is 0 Å². The average molecular weight is 194 g/mol. The number of carboxylic acids is 1. The van der Waals surface area contributed by atoms with Crippen molar-refractivity contribution in [1.29, 1.82) is 0 Å². The van der Waals surface area contributed by atoms with E-state index in [1.165, 1.54) is 0 Å². The van der Waals surface area contributed by atoms with E-state index in [0.29, 0.717) is 12.3 Å². The molecule has 0 fully saturated rings. The van der Waals surface area contributed by atoms with Gasteiger partial charge in [0, 0.05) is 6.20 Å². The highest BCUT2D eigenvalue weighted by Crippen LogP contribution is 2.27. The van der Waals surface area contributed by atoms with Gasteiger partial charge in [0.1, 0.15) is 6.10 Å². The van der Waals surface area contributed by atoms with E-state index in [9.17, 15) is 4.79 Å². The van der Waals surface area contributed by atoms with E-state index in [-0.39, 0.29) is 12.5 Å². The molecule has 1 aliphatic heterocycles. The fourth-order valence-corrected chi connectivity index (χ4v) is 1.37. The van der Waals surface area contributed by atoms with E-state index in [0.717, 1.165) is 5.69 Å². The Morgan fingerprint density at radius 1 is 1.79 bits per heavy atom. The second-order valence-corrected chi connectivity index (χ2v) is 3.09. The summed E-state index contributed by atoms with van der Waals surface area (Å²) in [6, 6.07) is 1.80. The standard InChI is InChI=1S/C9H10N2O3/c12-9(13)3-6-4-11-7-1-2-10-5-8(7)14-6/h1-2,5-6,11H,3-4H2,(H,12,13). The molecule has 1 aromatic heterocycles. The van der Waals surface area contributed by atoms with Crippen molar-refractivity contribution in [2.24, 2.45) is 0 Å². The fraction of sp³-hybridized carbons (Fsp3) is 0.333. The van der Waals surface area contributed by atoms with Crippen molar-refractivity contribution in [1.82, 2.24) is 4.98 Å². The lowest BCUT2D eigenvalue weighted by atomic mass is 10.2. The van der Waals surface area contributed by atoms with E-state index in [1.54, 1.807) is 18.5 Å². The van der Waals surface area contributed by atoms with E-state index in [2.05, 4.69) is 10.3 Å². The highest BCUT2D eigenvalue weighted by Gasteiger charge is 2.21. The van der Waals surface area contributed by atoms with Crippen LogP contribution >= 0.6 is 0 Å². The van der Waals surface area contributed by atoms with Gasteiger partial charge in [-0.2, -0.15) is 0 Å². The average Bonchev–Trinajstić information content (AvgIpc) is 2.17. The third-order valence-corrected chi connectivity index (χ3v) is 2.00. The summed E-state index contributed by atoms with van der Waals surface area (Å²) >= 11 is 0. The van der Waals surface area contributed by atoms with Crippen LogP contribution < -0.4 is 10.1 Å². The second-order valence-electron chi connectivity index (χ2n) is 3.09. The summed E-state index contributed by atoms with van der Waals surface area (Å²) in [4.78, 5) is 14.4. The Morgan fingerprint density at radius 2 is 2.64 bits per heavy atom. The Bertz CT molecular complexity index is 354. The van der Waals surface area contributed by atoms with Crippen LogP contribution in [0.1, 0.15) is 6.42 Å². The maximum absolute atomic E-state index is 10.5. The van der Waals surface area contributed by atoms with Crippen LogP contribution in [0.5, 0.6) is 5.75 Å². The zero-order chi connectivity index (χ0) is 9.97. The Balaban J connectivity index is 2.09. The van der Waals surface area contributed by atoms with Crippen molar-refractivity contribution >= 4 is 11.7 Å². The SMILES string of the molecule is O=C(O)CC1CNc2ccncc2O1. The highest BCUT2D eigenvalue weighted by atomic mass is 16.5. The predicted octanol–water partition coefficient (Wildman–Crippen LogP) is 0.729. The topological polar surface area (TPSA) is 71.5 Å². The summed E-state index contributed by atoms with van der Waals surface area (Å²) in [6.07, 6.45) is 2.92. The van der Waals surface area contributed by atoms with E-state index in [4.69, 9.17) is 9.84 Å². The molecule has 0 radical (unpaired) electrons. The lowest BCUT2D eigenvalue weighted by Crippen LogP contribution is -2.32. The van der Waals surface area contributed by atoms with Gasteiger partial charge in [-0.3, -0.25) is 9.78 Å².